The summed E-state index contributed by atoms with van der Waals surface area (Å²) in [5.41, 5.74) is 2.39. The van der Waals surface area contributed by atoms with Crippen LogP contribution in [0, 0.1) is 6.92 Å². The number of rotatable bonds is 3. The van der Waals surface area contributed by atoms with Gasteiger partial charge in [-0.25, -0.2) is 4.98 Å². The molecule has 0 aliphatic heterocycles. The summed E-state index contributed by atoms with van der Waals surface area (Å²) in [6.45, 7) is 2.61. The van der Waals surface area contributed by atoms with Gasteiger partial charge in [0.1, 0.15) is 17.5 Å². The van der Waals surface area contributed by atoms with Gasteiger partial charge in [0.25, 0.3) is 0 Å². The summed E-state index contributed by atoms with van der Waals surface area (Å²) < 4.78 is 5.57. The Morgan fingerprint density at radius 2 is 1.88 bits per heavy atom. The molecule has 82 valence electrons. The van der Waals surface area contributed by atoms with Crippen LogP contribution in [0.3, 0.4) is 0 Å². The van der Waals surface area contributed by atoms with Crippen molar-refractivity contribution in [3.8, 4) is 5.75 Å². The molecule has 0 radical (unpaired) electrons. The minimum absolute atomic E-state index is 0.475. The van der Waals surface area contributed by atoms with Gasteiger partial charge in [0.15, 0.2) is 0 Å². The minimum atomic E-state index is 0.475. The van der Waals surface area contributed by atoms with Gasteiger partial charge in [-0.15, -0.1) is 0 Å². The molecule has 0 saturated carbocycles. The van der Waals surface area contributed by atoms with Crippen molar-refractivity contribution >= 4 is 11.6 Å². The van der Waals surface area contributed by atoms with Crippen molar-refractivity contribution < 1.29 is 4.74 Å². The van der Waals surface area contributed by atoms with Crippen molar-refractivity contribution in [2.75, 3.05) is 0 Å². The van der Waals surface area contributed by atoms with E-state index in [1.807, 2.05) is 6.07 Å². The van der Waals surface area contributed by atoms with Crippen LogP contribution in [0.1, 0.15) is 11.1 Å². The minimum Gasteiger partial charge on any atom is -0.487 e. The first kappa shape index (κ1) is 11.0. The first-order chi connectivity index (χ1) is 7.74. The average molecular weight is 234 g/mol. The lowest BCUT2D eigenvalue weighted by molar-refractivity contribution is 0.305. The molecule has 2 aromatic rings. The Balaban J connectivity index is 1.97. The molecule has 0 atom stereocenters. The van der Waals surface area contributed by atoms with Gasteiger partial charge < -0.3 is 4.74 Å². The second-order valence-corrected chi connectivity index (χ2v) is 3.98. The number of halogens is 1. The number of aromatic nitrogens is 1. The van der Waals surface area contributed by atoms with E-state index in [0.29, 0.717) is 11.8 Å². The summed E-state index contributed by atoms with van der Waals surface area (Å²) in [6.07, 6.45) is 1.62. The maximum atomic E-state index is 5.68. The summed E-state index contributed by atoms with van der Waals surface area (Å²) >= 11 is 5.68. The topological polar surface area (TPSA) is 22.1 Å². The summed E-state index contributed by atoms with van der Waals surface area (Å²) in [6, 6.07) is 11.8. The molecule has 0 amide bonds. The molecule has 0 spiro atoms. The zero-order valence-corrected chi connectivity index (χ0v) is 9.74. The molecule has 16 heavy (non-hydrogen) atoms. The van der Waals surface area contributed by atoms with Crippen LogP contribution in [0.2, 0.25) is 5.15 Å². The largest absolute Gasteiger partial charge is 0.487 e. The third-order valence-electron chi connectivity index (χ3n) is 2.23. The zero-order valence-electron chi connectivity index (χ0n) is 8.98. The Morgan fingerprint density at radius 3 is 2.50 bits per heavy atom. The van der Waals surface area contributed by atoms with E-state index in [4.69, 9.17) is 16.3 Å². The Kier molecular flexibility index (Phi) is 3.42. The van der Waals surface area contributed by atoms with E-state index in [1.54, 1.807) is 12.3 Å². The van der Waals surface area contributed by atoms with E-state index in [1.165, 1.54) is 5.56 Å². The number of benzene rings is 1. The average Bonchev–Trinajstić information content (AvgIpc) is 2.30. The Morgan fingerprint density at radius 1 is 1.12 bits per heavy atom. The van der Waals surface area contributed by atoms with Crippen LogP contribution in [-0.4, -0.2) is 4.98 Å². The van der Waals surface area contributed by atoms with Gasteiger partial charge in [-0.2, -0.15) is 0 Å². The fourth-order valence-electron chi connectivity index (χ4n) is 1.30. The van der Waals surface area contributed by atoms with Gasteiger partial charge in [0.05, 0.1) is 6.20 Å². The van der Waals surface area contributed by atoms with Crippen molar-refractivity contribution in [3.05, 3.63) is 58.9 Å². The van der Waals surface area contributed by atoms with E-state index in [9.17, 15) is 0 Å². The molecular weight excluding hydrogens is 222 g/mol. The van der Waals surface area contributed by atoms with Gasteiger partial charge in [-0.05, 0) is 24.6 Å². The lowest BCUT2D eigenvalue weighted by Crippen LogP contribution is -1.95. The van der Waals surface area contributed by atoms with Crippen molar-refractivity contribution in [1.82, 2.24) is 4.98 Å². The van der Waals surface area contributed by atoms with Crippen molar-refractivity contribution in [1.29, 1.82) is 0 Å². The number of hydrogen-bond donors (Lipinski definition) is 0. The monoisotopic (exact) mass is 233 g/mol. The Bertz CT molecular complexity index is 405. The van der Waals surface area contributed by atoms with E-state index < -0.39 is 0 Å². The molecule has 0 saturated heterocycles. The molecule has 1 aromatic carbocycles. The second kappa shape index (κ2) is 4.99. The fourth-order valence-corrected chi connectivity index (χ4v) is 1.41. The highest BCUT2D eigenvalue weighted by molar-refractivity contribution is 6.29. The maximum Gasteiger partial charge on any atom is 0.138 e. The van der Waals surface area contributed by atoms with Crippen LogP contribution in [0.4, 0.5) is 0 Å². The first-order valence-electron chi connectivity index (χ1n) is 5.04. The third kappa shape index (κ3) is 2.97. The molecule has 0 aliphatic carbocycles. The van der Waals surface area contributed by atoms with Crippen molar-refractivity contribution in [3.63, 3.8) is 0 Å². The van der Waals surface area contributed by atoms with Crippen LogP contribution in [-0.2, 0) is 6.61 Å². The molecule has 0 unspecified atom stereocenters. The Hall–Kier alpha value is -1.54. The van der Waals surface area contributed by atoms with Crippen LogP contribution in [0.15, 0.2) is 42.6 Å². The van der Waals surface area contributed by atoms with Crippen LogP contribution >= 0.6 is 11.6 Å². The van der Waals surface area contributed by atoms with Crippen molar-refractivity contribution in [2.45, 2.75) is 13.5 Å². The summed E-state index contributed by atoms with van der Waals surface area (Å²) in [4.78, 5) is 3.95. The van der Waals surface area contributed by atoms with Gasteiger partial charge in [-0.1, -0.05) is 41.4 Å². The van der Waals surface area contributed by atoms with Crippen molar-refractivity contribution in [2.24, 2.45) is 0 Å². The van der Waals surface area contributed by atoms with Crippen LogP contribution < -0.4 is 4.74 Å². The fraction of sp³-hybridized carbons (Fsp3) is 0.154. The zero-order chi connectivity index (χ0) is 11.4. The van der Waals surface area contributed by atoms with E-state index in [0.717, 1.165) is 11.3 Å². The molecule has 1 aromatic heterocycles. The third-order valence-corrected chi connectivity index (χ3v) is 2.45. The standard InChI is InChI=1S/C13H12ClNO/c1-10-2-4-11(5-3-10)9-16-12-6-7-13(14)15-8-12/h2-8H,9H2,1H3. The summed E-state index contributed by atoms with van der Waals surface area (Å²) in [5, 5.41) is 0.475. The van der Waals surface area contributed by atoms with Gasteiger partial charge in [-0.3, -0.25) is 0 Å². The number of aryl methyl sites for hydroxylation is 1. The molecule has 1 heterocycles. The molecule has 0 N–H and O–H groups in total. The van der Waals surface area contributed by atoms with E-state index in [-0.39, 0.29) is 0 Å². The highest BCUT2D eigenvalue weighted by atomic mass is 35.5. The summed E-state index contributed by atoms with van der Waals surface area (Å²) in [7, 11) is 0. The quantitative estimate of drug-likeness (QED) is 0.756. The van der Waals surface area contributed by atoms with Gasteiger partial charge in [0, 0.05) is 0 Å². The smallest absolute Gasteiger partial charge is 0.138 e. The number of pyridine rings is 1. The maximum absolute atomic E-state index is 5.68. The molecule has 0 bridgehead atoms. The molecule has 0 aliphatic rings. The predicted molar refractivity (Wildman–Crippen MR) is 64.8 cm³/mol. The Labute approximate surface area is 99.9 Å². The second-order valence-electron chi connectivity index (χ2n) is 3.59. The SMILES string of the molecule is Cc1ccc(COc2ccc(Cl)nc2)cc1. The molecule has 2 nitrogen and oxygen atoms in total. The lowest BCUT2D eigenvalue weighted by Gasteiger charge is -2.05. The number of nitrogens with zero attached hydrogens (tertiary/aromatic N) is 1. The molecule has 2 rings (SSSR count). The van der Waals surface area contributed by atoms with Crippen LogP contribution in [0.25, 0.3) is 0 Å². The molecule has 0 fully saturated rings. The first-order valence-corrected chi connectivity index (χ1v) is 5.42. The summed E-state index contributed by atoms with van der Waals surface area (Å²) in [5.74, 6) is 0.727. The predicted octanol–water partition coefficient (Wildman–Crippen LogP) is 3.62. The number of ether oxygens (including phenoxy) is 1. The van der Waals surface area contributed by atoms with Gasteiger partial charge >= 0.3 is 0 Å². The van der Waals surface area contributed by atoms with Gasteiger partial charge in [0.2, 0.25) is 0 Å². The van der Waals surface area contributed by atoms with E-state index in [2.05, 4.69) is 36.2 Å². The van der Waals surface area contributed by atoms with Crippen LogP contribution in [0.5, 0.6) is 5.75 Å². The molecule has 3 heteroatoms. The molecular formula is C13H12ClNO. The normalized spacial score (nSPS) is 10.1. The highest BCUT2D eigenvalue weighted by Crippen LogP contribution is 2.14. The number of hydrogen-bond acceptors (Lipinski definition) is 2. The lowest BCUT2D eigenvalue weighted by atomic mass is 10.2. The van der Waals surface area contributed by atoms with E-state index >= 15 is 0 Å². The highest BCUT2D eigenvalue weighted by Gasteiger charge is 1.96.